The van der Waals surface area contributed by atoms with Crippen molar-refractivity contribution >= 4 is 5.91 Å². The Hall–Kier alpha value is -1.39. The Kier molecular flexibility index (Phi) is 5.09. The van der Waals surface area contributed by atoms with Gasteiger partial charge in [0.25, 0.3) is 0 Å². The van der Waals surface area contributed by atoms with Gasteiger partial charge in [-0.25, -0.2) is 0 Å². The molecular formula is C15H24N2O2. The van der Waals surface area contributed by atoms with Crippen LogP contribution in [-0.4, -0.2) is 25.2 Å². The van der Waals surface area contributed by atoms with Crippen LogP contribution in [0.4, 0.5) is 0 Å². The molecule has 1 unspecified atom stereocenters. The van der Waals surface area contributed by atoms with Crippen molar-refractivity contribution in [2.24, 2.45) is 5.73 Å². The van der Waals surface area contributed by atoms with E-state index in [4.69, 9.17) is 10.5 Å². The number of ether oxygens (including phenoxy) is 1. The number of carbonyl (C=O) groups is 1. The molecule has 4 heteroatoms. The number of hydrogen-bond acceptors (Lipinski definition) is 3. The van der Waals surface area contributed by atoms with E-state index in [1.165, 1.54) is 0 Å². The largest absolute Gasteiger partial charge is 0.373 e. The Balaban J connectivity index is 3.05. The van der Waals surface area contributed by atoms with Crippen molar-refractivity contribution in [3.05, 3.63) is 35.9 Å². The predicted molar refractivity (Wildman–Crippen MR) is 76.7 cm³/mol. The van der Waals surface area contributed by atoms with Crippen LogP contribution < -0.4 is 11.1 Å². The number of likely N-dealkylation sites (N-methyl/N-ethyl adjacent to an activating group) is 1. The second-order valence-electron chi connectivity index (χ2n) is 5.29. The Labute approximate surface area is 115 Å². The van der Waals surface area contributed by atoms with Crippen LogP contribution in [0.1, 0.15) is 32.8 Å². The number of benzene rings is 1. The smallest absolute Gasteiger partial charge is 0.244 e. The van der Waals surface area contributed by atoms with Gasteiger partial charge < -0.3 is 15.8 Å². The lowest BCUT2D eigenvalue weighted by Gasteiger charge is -2.34. The van der Waals surface area contributed by atoms with Crippen LogP contribution in [0.2, 0.25) is 0 Å². The number of hydrogen-bond donors (Lipinski definition) is 2. The molecule has 1 rings (SSSR count). The molecule has 106 valence electrons. The monoisotopic (exact) mass is 264 g/mol. The quantitative estimate of drug-likeness (QED) is 0.789. The van der Waals surface area contributed by atoms with Gasteiger partial charge in [-0.15, -0.1) is 0 Å². The van der Waals surface area contributed by atoms with Crippen molar-refractivity contribution in [3.8, 4) is 0 Å². The van der Waals surface area contributed by atoms with Gasteiger partial charge in [-0.2, -0.15) is 0 Å². The van der Waals surface area contributed by atoms with E-state index in [0.29, 0.717) is 0 Å². The molecule has 1 aromatic rings. The lowest BCUT2D eigenvalue weighted by atomic mass is 9.89. The van der Waals surface area contributed by atoms with E-state index in [0.717, 1.165) is 12.0 Å². The van der Waals surface area contributed by atoms with Gasteiger partial charge in [0, 0.05) is 0 Å². The molecule has 0 saturated carbocycles. The van der Waals surface area contributed by atoms with Crippen LogP contribution >= 0.6 is 0 Å². The fourth-order valence-corrected chi connectivity index (χ4v) is 1.76. The van der Waals surface area contributed by atoms with Gasteiger partial charge in [0.2, 0.25) is 5.91 Å². The third kappa shape index (κ3) is 3.55. The number of carbonyl (C=O) groups excluding carboxylic acids is 1. The maximum Gasteiger partial charge on any atom is 0.244 e. The minimum atomic E-state index is -0.992. The van der Waals surface area contributed by atoms with E-state index in [9.17, 15) is 4.79 Å². The Morgan fingerprint density at radius 2 is 1.89 bits per heavy atom. The third-order valence-corrected chi connectivity index (χ3v) is 3.64. The summed E-state index contributed by atoms with van der Waals surface area (Å²) in [7, 11) is 1.72. The van der Waals surface area contributed by atoms with Crippen molar-refractivity contribution in [1.29, 1.82) is 0 Å². The standard InChI is InChI=1S/C15H24N2O2/c1-5-14(2,3)19-11-15(17-4,13(16)18)12-9-7-6-8-10-12/h6-10,17H,5,11H2,1-4H3,(H2,16,18). The lowest BCUT2D eigenvalue weighted by Crippen LogP contribution is -2.55. The molecule has 0 aliphatic carbocycles. The summed E-state index contributed by atoms with van der Waals surface area (Å²) in [5.41, 5.74) is 5.14. The summed E-state index contributed by atoms with van der Waals surface area (Å²) in [5, 5.41) is 3.03. The third-order valence-electron chi connectivity index (χ3n) is 3.64. The highest BCUT2D eigenvalue weighted by Crippen LogP contribution is 2.24. The molecule has 0 radical (unpaired) electrons. The maximum absolute atomic E-state index is 11.9. The zero-order valence-electron chi connectivity index (χ0n) is 12.2. The lowest BCUT2D eigenvalue weighted by molar-refractivity contribution is -0.131. The molecule has 0 fully saturated rings. The summed E-state index contributed by atoms with van der Waals surface area (Å²) in [6, 6.07) is 9.43. The van der Waals surface area contributed by atoms with Crippen LogP contribution in [0, 0.1) is 0 Å². The molecule has 0 saturated heterocycles. The SMILES string of the molecule is CCC(C)(C)OCC(NC)(C(N)=O)c1ccccc1. The van der Waals surface area contributed by atoms with Crippen LogP contribution in [0.15, 0.2) is 30.3 Å². The van der Waals surface area contributed by atoms with Crippen molar-refractivity contribution < 1.29 is 9.53 Å². The molecule has 0 bridgehead atoms. The van der Waals surface area contributed by atoms with Crippen LogP contribution in [-0.2, 0) is 15.1 Å². The zero-order chi connectivity index (χ0) is 14.5. The molecule has 1 atom stereocenters. The molecule has 19 heavy (non-hydrogen) atoms. The Bertz CT molecular complexity index is 417. The summed E-state index contributed by atoms with van der Waals surface area (Å²) < 4.78 is 5.89. The first-order chi connectivity index (χ1) is 8.88. The molecule has 0 aliphatic rings. The molecule has 3 N–H and O–H groups in total. The van der Waals surface area contributed by atoms with E-state index < -0.39 is 11.4 Å². The average Bonchev–Trinajstić information content (AvgIpc) is 2.41. The summed E-state index contributed by atoms with van der Waals surface area (Å²) in [5.74, 6) is -0.437. The van der Waals surface area contributed by atoms with Crippen molar-refractivity contribution in [2.45, 2.75) is 38.3 Å². The number of primary amides is 1. The molecule has 4 nitrogen and oxygen atoms in total. The van der Waals surface area contributed by atoms with Gasteiger partial charge >= 0.3 is 0 Å². The van der Waals surface area contributed by atoms with Crippen LogP contribution in [0.25, 0.3) is 0 Å². The second kappa shape index (κ2) is 6.17. The number of nitrogens with one attached hydrogen (secondary N) is 1. The number of nitrogens with two attached hydrogens (primary N) is 1. The van der Waals surface area contributed by atoms with Crippen LogP contribution in [0.3, 0.4) is 0 Å². The summed E-state index contributed by atoms with van der Waals surface area (Å²) in [6.07, 6.45) is 0.861. The van der Waals surface area contributed by atoms with Gasteiger partial charge in [-0.3, -0.25) is 4.79 Å². The van der Waals surface area contributed by atoms with Crippen LogP contribution in [0.5, 0.6) is 0 Å². The van der Waals surface area contributed by atoms with Crippen molar-refractivity contribution in [1.82, 2.24) is 5.32 Å². The zero-order valence-corrected chi connectivity index (χ0v) is 12.2. The molecule has 0 heterocycles. The highest BCUT2D eigenvalue weighted by Gasteiger charge is 2.38. The molecule has 1 aromatic carbocycles. The van der Waals surface area contributed by atoms with Gasteiger partial charge in [-0.1, -0.05) is 37.3 Å². The van der Waals surface area contributed by atoms with Gasteiger partial charge in [0.05, 0.1) is 12.2 Å². The normalized spacial score (nSPS) is 14.9. The summed E-state index contributed by atoms with van der Waals surface area (Å²) in [6.45, 7) is 6.26. The molecule has 1 amide bonds. The van der Waals surface area contributed by atoms with E-state index >= 15 is 0 Å². The number of amides is 1. The van der Waals surface area contributed by atoms with E-state index in [2.05, 4.69) is 5.32 Å². The van der Waals surface area contributed by atoms with E-state index in [-0.39, 0.29) is 12.2 Å². The van der Waals surface area contributed by atoms with Gasteiger partial charge in [0.15, 0.2) is 0 Å². The average molecular weight is 264 g/mol. The highest BCUT2D eigenvalue weighted by molar-refractivity contribution is 5.86. The summed E-state index contributed by atoms with van der Waals surface area (Å²) in [4.78, 5) is 11.9. The first-order valence-corrected chi connectivity index (χ1v) is 6.56. The Morgan fingerprint density at radius 1 is 1.32 bits per heavy atom. The molecule has 0 spiro atoms. The predicted octanol–water partition coefficient (Wildman–Crippen LogP) is 1.79. The first-order valence-electron chi connectivity index (χ1n) is 6.56. The second-order valence-corrected chi connectivity index (χ2v) is 5.29. The summed E-state index contributed by atoms with van der Waals surface area (Å²) >= 11 is 0. The van der Waals surface area contributed by atoms with Gasteiger partial charge in [0.1, 0.15) is 5.54 Å². The molecular weight excluding hydrogens is 240 g/mol. The Morgan fingerprint density at radius 3 is 2.32 bits per heavy atom. The first kappa shape index (κ1) is 15.7. The minimum absolute atomic E-state index is 0.212. The fourth-order valence-electron chi connectivity index (χ4n) is 1.76. The number of rotatable bonds is 7. The van der Waals surface area contributed by atoms with E-state index in [1.54, 1.807) is 7.05 Å². The highest BCUT2D eigenvalue weighted by atomic mass is 16.5. The molecule has 0 aliphatic heterocycles. The van der Waals surface area contributed by atoms with E-state index in [1.807, 2.05) is 51.1 Å². The van der Waals surface area contributed by atoms with Crippen molar-refractivity contribution in [3.63, 3.8) is 0 Å². The molecule has 0 aromatic heterocycles. The van der Waals surface area contributed by atoms with Crippen molar-refractivity contribution in [2.75, 3.05) is 13.7 Å². The minimum Gasteiger partial charge on any atom is -0.373 e. The fraction of sp³-hybridized carbons (Fsp3) is 0.533. The van der Waals surface area contributed by atoms with Gasteiger partial charge in [-0.05, 0) is 32.9 Å². The topological polar surface area (TPSA) is 64.3 Å². The maximum atomic E-state index is 11.9.